The molecule has 1 aliphatic carbocycles. The van der Waals surface area contributed by atoms with Crippen molar-refractivity contribution in [1.82, 2.24) is 4.90 Å². The molecule has 2 rings (SSSR count). The number of hydrogen-bond donors (Lipinski definition) is 1. The standard InChI is InChI=1S/C12H21NO2/c1-8-11-7-13(9(2)14)6-5-10(11)3-4-12(8)15/h8,10-12,15H,3-7H2,1-2H3. The number of carbonyl (C=O) groups is 1. The Labute approximate surface area is 91.5 Å². The Morgan fingerprint density at radius 1 is 1.33 bits per heavy atom. The Morgan fingerprint density at radius 2 is 2.07 bits per heavy atom. The van der Waals surface area contributed by atoms with Gasteiger partial charge in [-0.3, -0.25) is 4.79 Å². The number of piperidine rings is 1. The van der Waals surface area contributed by atoms with Crippen molar-refractivity contribution in [2.24, 2.45) is 17.8 Å². The molecule has 0 aromatic heterocycles. The van der Waals surface area contributed by atoms with Gasteiger partial charge in [-0.05, 0) is 37.0 Å². The highest BCUT2D eigenvalue weighted by atomic mass is 16.3. The summed E-state index contributed by atoms with van der Waals surface area (Å²) in [6.45, 7) is 5.55. The maximum absolute atomic E-state index is 11.3. The van der Waals surface area contributed by atoms with Crippen LogP contribution in [-0.4, -0.2) is 35.1 Å². The van der Waals surface area contributed by atoms with Crippen molar-refractivity contribution >= 4 is 5.91 Å². The number of aliphatic hydroxyl groups is 1. The largest absolute Gasteiger partial charge is 0.393 e. The third-order valence-corrected chi connectivity index (χ3v) is 4.37. The summed E-state index contributed by atoms with van der Waals surface area (Å²) in [4.78, 5) is 13.3. The summed E-state index contributed by atoms with van der Waals surface area (Å²) in [5.74, 6) is 1.79. The van der Waals surface area contributed by atoms with Crippen molar-refractivity contribution < 1.29 is 9.90 Å². The zero-order chi connectivity index (χ0) is 11.0. The third kappa shape index (κ3) is 2.03. The van der Waals surface area contributed by atoms with Crippen molar-refractivity contribution in [2.75, 3.05) is 13.1 Å². The molecule has 1 heterocycles. The predicted molar refractivity (Wildman–Crippen MR) is 58.3 cm³/mol. The molecule has 1 amide bonds. The minimum Gasteiger partial charge on any atom is -0.393 e. The lowest BCUT2D eigenvalue weighted by atomic mass is 9.68. The zero-order valence-electron chi connectivity index (χ0n) is 9.65. The molecule has 1 saturated carbocycles. The highest BCUT2D eigenvalue weighted by Crippen LogP contribution is 2.39. The van der Waals surface area contributed by atoms with Crippen molar-refractivity contribution in [3.63, 3.8) is 0 Å². The van der Waals surface area contributed by atoms with E-state index in [1.54, 1.807) is 6.92 Å². The summed E-state index contributed by atoms with van der Waals surface area (Å²) in [5, 5.41) is 9.84. The maximum atomic E-state index is 11.3. The van der Waals surface area contributed by atoms with Crippen LogP contribution in [0.1, 0.15) is 33.1 Å². The molecular weight excluding hydrogens is 190 g/mol. The quantitative estimate of drug-likeness (QED) is 0.655. The second-order valence-electron chi connectivity index (χ2n) is 5.18. The molecule has 1 aliphatic heterocycles. The second kappa shape index (κ2) is 4.12. The Kier molecular flexibility index (Phi) is 3.01. The van der Waals surface area contributed by atoms with Crippen LogP contribution >= 0.6 is 0 Å². The van der Waals surface area contributed by atoms with Crippen LogP contribution in [0.3, 0.4) is 0 Å². The molecule has 0 spiro atoms. The van der Waals surface area contributed by atoms with E-state index in [0.717, 1.165) is 38.3 Å². The van der Waals surface area contributed by atoms with E-state index in [4.69, 9.17) is 0 Å². The van der Waals surface area contributed by atoms with Crippen LogP contribution in [0.4, 0.5) is 0 Å². The smallest absolute Gasteiger partial charge is 0.219 e. The van der Waals surface area contributed by atoms with E-state index in [2.05, 4.69) is 6.92 Å². The van der Waals surface area contributed by atoms with E-state index >= 15 is 0 Å². The van der Waals surface area contributed by atoms with Crippen LogP contribution < -0.4 is 0 Å². The summed E-state index contributed by atoms with van der Waals surface area (Å²) in [7, 11) is 0. The van der Waals surface area contributed by atoms with Crippen LogP contribution in [0.15, 0.2) is 0 Å². The molecule has 4 unspecified atom stereocenters. The Bertz CT molecular complexity index is 252. The minimum absolute atomic E-state index is 0.154. The average molecular weight is 211 g/mol. The Hall–Kier alpha value is -0.570. The highest BCUT2D eigenvalue weighted by molar-refractivity contribution is 5.73. The van der Waals surface area contributed by atoms with Crippen molar-refractivity contribution in [3.8, 4) is 0 Å². The first-order valence-electron chi connectivity index (χ1n) is 6.03. The fraction of sp³-hybridized carbons (Fsp3) is 0.917. The van der Waals surface area contributed by atoms with Crippen LogP contribution in [0.25, 0.3) is 0 Å². The van der Waals surface area contributed by atoms with Crippen molar-refractivity contribution in [3.05, 3.63) is 0 Å². The van der Waals surface area contributed by atoms with Gasteiger partial charge in [0.25, 0.3) is 0 Å². The fourth-order valence-corrected chi connectivity index (χ4v) is 3.20. The lowest BCUT2D eigenvalue weighted by Gasteiger charge is -2.46. The van der Waals surface area contributed by atoms with Gasteiger partial charge >= 0.3 is 0 Å². The first-order valence-corrected chi connectivity index (χ1v) is 6.03. The molecule has 1 saturated heterocycles. The van der Waals surface area contributed by atoms with Gasteiger partial charge in [0.15, 0.2) is 0 Å². The van der Waals surface area contributed by atoms with Gasteiger partial charge in [-0.1, -0.05) is 6.92 Å². The summed E-state index contributed by atoms with van der Waals surface area (Å²) in [5.41, 5.74) is 0. The summed E-state index contributed by atoms with van der Waals surface area (Å²) in [6.07, 6.45) is 3.06. The molecule has 1 N–H and O–H groups in total. The monoisotopic (exact) mass is 211 g/mol. The predicted octanol–water partition coefficient (Wildman–Crippen LogP) is 1.26. The van der Waals surface area contributed by atoms with E-state index in [1.807, 2.05) is 4.90 Å². The average Bonchev–Trinajstić information content (AvgIpc) is 2.23. The normalized spacial score (nSPS) is 41.1. The molecule has 0 radical (unpaired) electrons. The van der Waals surface area contributed by atoms with Crippen LogP contribution in [0.2, 0.25) is 0 Å². The highest BCUT2D eigenvalue weighted by Gasteiger charge is 2.39. The molecule has 0 bridgehead atoms. The van der Waals surface area contributed by atoms with Gasteiger partial charge in [0, 0.05) is 20.0 Å². The van der Waals surface area contributed by atoms with Crippen LogP contribution in [0, 0.1) is 17.8 Å². The number of nitrogens with zero attached hydrogens (tertiary/aromatic N) is 1. The van der Waals surface area contributed by atoms with Gasteiger partial charge in [-0.2, -0.15) is 0 Å². The number of carbonyl (C=O) groups excluding carboxylic acids is 1. The maximum Gasteiger partial charge on any atom is 0.219 e. The lowest BCUT2D eigenvalue weighted by molar-refractivity contribution is -0.134. The molecule has 0 aromatic rings. The topological polar surface area (TPSA) is 40.5 Å². The van der Waals surface area contributed by atoms with Crippen LogP contribution in [-0.2, 0) is 4.79 Å². The molecule has 3 nitrogen and oxygen atoms in total. The van der Waals surface area contributed by atoms with E-state index in [1.165, 1.54) is 0 Å². The fourth-order valence-electron chi connectivity index (χ4n) is 3.20. The number of hydrogen-bond acceptors (Lipinski definition) is 2. The Morgan fingerprint density at radius 3 is 2.73 bits per heavy atom. The van der Waals surface area contributed by atoms with E-state index in [9.17, 15) is 9.90 Å². The summed E-state index contributed by atoms with van der Waals surface area (Å²) >= 11 is 0. The first-order chi connectivity index (χ1) is 7.09. The number of likely N-dealkylation sites (tertiary alicyclic amines) is 1. The second-order valence-corrected chi connectivity index (χ2v) is 5.18. The number of fused-ring (bicyclic) bond motifs is 1. The molecule has 4 atom stereocenters. The number of rotatable bonds is 0. The molecule has 86 valence electrons. The van der Waals surface area contributed by atoms with Gasteiger partial charge < -0.3 is 10.0 Å². The third-order valence-electron chi connectivity index (χ3n) is 4.37. The summed E-state index contributed by atoms with van der Waals surface area (Å²) < 4.78 is 0. The summed E-state index contributed by atoms with van der Waals surface area (Å²) in [6, 6.07) is 0. The molecule has 2 fully saturated rings. The van der Waals surface area contributed by atoms with Crippen LogP contribution in [0.5, 0.6) is 0 Å². The molecule has 2 aliphatic rings. The molecule has 3 heteroatoms. The van der Waals surface area contributed by atoms with Crippen molar-refractivity contribution in [2.45, 2.75) is 39.2 Å². The molecule has 0 aromatic carbocycles. The minimum atomic E-state index is -0.154. The van der Waals surface area contributed by atoms with Gasteiger partial charge in [0.05, 0.1) is 6.10 Å². The number of aliphatic hydroxyl groups excluding tert-OH is 1. The SMILES string of the molecule is CC(=O)N1CCC2CCC(O)C(C)C2C1. The van der Waals surface area contributed by atoms with Gasteiger partial charge in [-0.15, -0.1) is 0 Å². The molecular formula is C12H21NO2. The van der Waals surface area contributed by atoms with E-state index < -0.39 is 0 Å². The van der Waals surface area contributed by atoms with Gasteiger partial charge in [-0.25, -0.2) is 0 Å². The van der Waals surface area contributed by atoms with Gasteiger partial charge in [0.2, 0.25) is 5.91 Å². The number of amides is 1. The van der Waals surface area contributed by atoms with Crippen molar-refractivity contribution in [1.29, 1.82) is 0 Å². The van der Waals surface area contributed by atoms with Gasteiger partial charge in [0.1, 0.15) is 0 Å². The lowest BCUT2D eigenvalue weighted by Crippen LogP contribution is -2.49. The first kappa shape index (κ1) is 10.9. The van der Waals surface area contributed by atoms with E-state index in [-0.39, 0.29) is 12.0 Å². The molecule has 15 heavy (non-hydrogen) atoms. The zero-order valence-corrected chi connectivity index (χ0v) is 9.65. The van der Waals surface area contributed by atoms with E-state index in [0.29, 0.717) is 11.8 Å². The Balaban J connectivity index is 2.05.